The van der Waals surface area contributed by atoms with Gasteiger partial charge in [-0.05, 0) is 24.3 Å². The quantitative estimate of drug-likeness (QED) is 0.822. The van der Waals surface area contributed by atoms with E-state index in [2.05, 4.69) is 47.5 Å². The molecule has 2 amide bonds. The highest BCUT2D eigenvalue weighted by atomic mass is 16.2. The normalized spacial score (nSPS) is 23.3. The molecule has 1 aromatic carbocycles. The van der Waals surface area contributed by atoms with E-state index in [1.54, 1.807) is 4.90 Å². The first-order valence-electron chi connectivity index (χ1n) is 8.48. The van der Waals surface area contributed by atoms with Crippen molar-refractivity contribution in [3.8, 4) is 0 Å². The van der Waals surface area contributed by atoms with Crippen molar-refractivity contribution in [3.63, 3.8) is 0 Å². The molecule has 0 radical (unpaired) electrons. The minimum Gasteiger partial charge on any atom is -0.346 e. The van der Waals surface area contributed by atoms with Crippen LogP contribution < -0.4 is 5.32 Å². The number of hydrogen-bond donors (Lipinski definition) is 1. The lowest BCUT2D eigenvalue weighted by molar-refractivity contribution is -0.152. The number of rotatable bonds is 5. The van der Waals surface area contributed by atoms with E-state index >= 15 is 0 Å². The molecule has 0 spiro atoms. The number of carbonyl (C=O) groups excluding carboxylic acids is 2. The molecule has 124 valence electrons. The molecule has 0 saturated carbocycles. The monoisotopic (exact) mass is 315 g/mol. The van der Waals surface area contributed by atoms with Gasteiger partial charge in [-0.2, -0.15) is 0 Å². The fourth-order valence-corrected chi connectivity index (χ4v) is 3.53. The highest BCUT2D eigenvalue weighted by molar-refractivity contribution is 6.35. The first-order chi connectivity index (χ1) is 11.1. The highest BCUT2D eigenvalue weighted by Crippen LogP contribution is 2.16. The number of aryl methyl sites for hydroxylation is 1. The third-order valence-electron chi connectivity index (χ3n) is 4.86. The van der Waals surface area contributed by atoms with Gasteiger partial charge in [-0.3, -0.25) is 14.5 Å². The molecular weight excluding hydrogens is 290 g/mol. The van der Waals surface area contributed by atoms with E-state index in [-0.39, 0.29) is 11.9 Å². The van der Waals surface area contributed by atoms with Crippen molar-refractivity contribution < 1.29 is 9.59 Å². The van der Waals surface area contributed by atoms with Crippen LogP contribution in [0.2, 0.25) is 0 Å². The lowest BCUT2D eigenvalue weighted by atomic mass is 9.99. The van der Waals surface area contributed by atoms with Gasteiger partial charge in [0, 0.05) is 32.7 Å². The summed E-state index contributed by atoms with van der Waals surface area (Å²) in [5, 5.41) is 2.69. The molecule has 2 fully saturated rings. The SMILES string of the molecule is C[C@@H](CCc1ccccc1)CN1CCN2C(=O)C(=O)NC[C@H]2C1. The van der Waals surface area contributed by atoms with E-state index in [0.717, 1.165) is 26.1 Å². The second-order valence-electron chi connectivity index (χ2n) is 6.75. The molecule has 2 heterocycles. The van der Waals surface area contributed by atoms with Crippen LogP contribution >= 0.6 is 0 Å². The van der Waals surface area contributed by atoms with Crippen LogP contribution in [-0.4, -0.2) is 60.4 Å². The van der Waals surface area contributed by atoms with Crippen molar-refractivity contribution in [2.75, 3.05) is 32.7 Å². The molecule has 3 rings (SSSR count). The minimum absolute atomic E-state index is 0.135. The molecule has 5 nitrogen and oxygen atoms in total. The summed E-state index contributed by atoms with van der Waals surface area (Å²) < 4.78 is 0. The predicted octanol–water partition coefficient (Wildman–Crippen LogP) is 0.898. The van der Waals surface area contributed by atoms with Gasteiger partial charge < -0.3 is 10.2 Å². The second-order valence-corrected chi connectivity index (χ2v) is 6.75. The standard InChI is InChI=1S/C18H25N3O2/c1-14(7-8-15-5-3-2-4-6-15)12-20-9-10-21-16(13-20)11-19-17(22)18(21)23/h2-6,14,16H,7-13H2,1H3,(H,19,22)/t14-,16-/m0/s1. The zero-order chi connectivity index (χ0) is 16.2. The zero-order valence-electron chi connectivity index (χ0n) is 13.7. The zero-order valence-corrected chi connectivity index (χ0v) is 13.7. The summed E-state index contributed by atoms with van der Waals surface area (Å²) in [6.45, 7) is 6.33. The maximum atomic E-state index is 11.8. The van der Waals surface area contributed by atoms with E-state index in [1.165, 1.54) is 12.0 Å². The summed E-state index contributed by atoms with van der Waals surface area (Å²) in [5.74, 6) is -0.195. The summed E-state index contributed by atoms with van der Waals surface area (Å²) in [6, 6.07) is 10.7. The minimum atomic E-state index is -0.453. The Morgan fingerprint density at radius 1 is 1.22 bits per heavy atom. The molecule has 2 aliphatic heterocycles. The molecule has 1 aromatic rings. The van der Waals surface area contributed by atoms with Crippen molar-refractivity contribution in [3.05, 3.63) is 35.9 Å². The van der Waals surface area contributed by atoms with Gasteiger partial charge in [0.15, 0.2) is 0 Å². The molecule has 2 aliphatic rings. The molecule has 0 unspecified atom stereocenters. The first kappa shape index (κ1) is 16.0. The highest BCUT2D eigenvalue weighted by Gasteiger charge is 2.37. The van der Waals surface area contributed by atoms with Crippen molar-refractivity contribution in [1.29, 1.82) is 0 Å². The van der Waals surface area contributed by atoms with E-state index in [4.69, 9.17) is 0 Å². The summed E-state index contributed by atoms with van der Waals surface area (Å²) in [7, 11) is 0. The van der Waals surface area contributed by atoms with Gasteiger partial charge in [0.1, 0.15) is 0 Å². The van der Waals surface area contributed by atoms with Crippen LogP contribution in [0, 0.1) is 5.92 Å². The topological polar surface area (TPSA) is 52.7 Å². The number of nitrogens with zero attached hydrogens (tertiary/aromatic N) is 2. The van der Waals surface area contributed by atoms with Crippen LogP contribution in [0.5, 0.6) is 0 Å². The molecule has 2 saturated heterocycles. The van der Waals surface area contributed by atoms with Crippen molar-refractivity contribution in [1.82, 2.24) is 15.1 Å². The third-order valence-corrected chi connectivity index (χ3v) is 4.86. The number of piperazine rings is 2. The number of nitrogens with one attached hydrogen (secondary N) is 1. The van der Waals surface area contributed by atoms with Gasteiger partial charge in [0.2, 0.25) is 0 Å². The molecular formula is C18H25N3O2. The number of carbonyl (C=O) groups is 2. The van der Waals surface area contributed by atoms with Gasteiger partial charge in [0.25, 0.3) is 0 Å². The van der Waals surface area contributed by atoms with Crippen LogP contribution in [0.3, 0.4) is 0 Å². The third kappa shape index (κ3) is 3.91. The maximum Gasteiger partial charge on any atom is 0.312 e. The second kappa shape index (κ2) is 7.13. The maximum absolute atomic E-state index is 11.8. The fraction of sp³-hybridized carbons (Fsp3) is 0.556. The molecule has 1 N–H and O–H groups in total. The van der Waals surface area contributed by atoms with Crippen LogP contribution in [0.15, 0.2) is 30.3 Å². The number of hydrogen-bond acceptors (Lipinski definition) is 3. The average Bonchev–Trinajstić information content (AvgIpc) is 2.57. The largest absolute Gasteiger partial charge is 0.346 e. The Labute approximate surface area is 137 Å². The summed E-state index contributed by atoms with van der Waals surface area (Å²) in [4.78, 5) is 27.4. The Morgan fingerprint density at radius 3 is 2.78 bits per heavy atom. The van der Waals surface area contributed by atoms with Gasteiger partial charge in [0.05, 0.1) is 6.04 Å². The molecule has 0 aromatic heterocycles. The fourth-order valence-electron chi connectivity index (χ4n) is 3.53. The summed E-state index contributed by atoms with van der Waals surface area (Å²) in [5.41, 5.74) is 1.39. The molecule has 0 aliphatic carbocycles. The van der Waals surface area contributed by atoms with Crippen LogP contribution in [0.4, 0.5) is 0 Å². The van der Waals surface area contributed by atoms with Crippen LogP contribution in [0.1, 0.15) is 18.9 Å². The molecule has 2 atom stereocenters. The van der Waals surface area contributed by atoms with Crippen LogP contribution in [0.25, 0.3) is 0 Å². The average molecular weight is 315 g/mol. The summed E-state index contributed by atoms with van der Waals surface area (Å²) in [6.07, 6.45) is 2.28. The van der Waals surface area contributed by atoms with Crippen molar-refractivity contribution in [2.45, 2.75) is 25.8 Å². The van der Waals surface area contributed by atoms with Gasteiger partial charge in [-0.25, -0.2) is 0 Å². The smallest absolute Gasteiger partial charge is 0.312 e. The Hall–Kier alpha value is -1.88. The van der Waals surface area contributed by atoms with E-state index < -0.39 is 5.91 Å². The Kier molecular flexibility index (Phi) is 4.96. The molecule has 0 bridgehead atoms. The Bertz CT molecular complexity index is 561. The molecule has 5 heteroatoms. The van der Waals surface area contributed by atoms with Crippen molar-refractivity contribution in [2.24, 2.45) is 5.92 Å². The van der Waals surface area contributed by atoms with Crippen LogP contribution in [-0.2, 0) is 16.0 Å². The van der Waals surface area contributed by atoms with Crippen molar-refractivity contribution >= 4 is 11.8 Å². The first-order valence-corrected chi connectivity index (χ1v) is 8.48. The predicted molar refractivity (Wildman–Crippen MR) is 88.9 cm³/mol. The van der Waals surface area contributed by atoms with E-state index in [0.29, 0.717) is 19.0 Å². The number of amides is 2. The summed E-state index contributed by atoms with van der Waals surface area (Å²) >= 11 is 0. The Morgan fingerprint density at radius 2 is 2.00 bits per heavy atom. The Balaban J connectivity index is 1.46. The lowest BCUT2D eigenvalue weighted by Gasteiger charge is -2.44. The lowest BCUT2D eigenvalue weighted by Crippen LogP contribution is -2.65. The van der Waals surface area contributed by atoms with E-state index in [9.17, 15) is 9.59 Å². The van der Waals surface area contributed by atoms with Gasteiger partial charge >= 0.3 is 11.8 Å². The molecule has 23 heavy (non-hydrogen) atoms. The number of fused-ring (bicyclic) bond motifs is 1. The van der Waals surface area contributed by atoms with Gasteiger partial charge in [-0.1, -0.05) is 37.3 Å². The van der Waals surface area contributed by atoms with Gasteiger partial charge in [-0.15, -0.1) is 0 Å². The van der Waals surface area contributed by atoms with E-state index in [1.807, 2.05) is 0 Å². The number of benzene rings is 1.